The van der Waals surface area contributed by atoms with Gasteiger partial charge >= 0.3 is 0 Å². The summed E-state index contributed by atoms with van der Waals surface area (Å²) in [7, 11) is 0. The number of hydrogen-bond donors (Lipinski definition) is 1. The highest BCUT2D eigenvalue weighted by Crippen LogP contribution is 2.39. The van der Waals surface area contributed by atoms with Gasteiger partial charge in [-0.2, -0.15) is 5.10 Å². The lowest BCUT2D eigenvalue weighted by atomic mass is 9.89. The van der Waals surface area contributed by atoms with Gasteiger partial charge in [0.05, 0.1) is 13.1 Å². The van der Waals surface area contributed by atoms with Crippen molar-refractivity contribution in [2.45, 2.75) is 43.9 Å². The average molecular weight is 1720 g/mol. The first-order chi connectivity index (χ1) is 64.1. The van der Waals surface area contributed by atoms with E-state index in [0.717, 1.165) is 70.4 Å². The van der Waals surface area contributed by atoms with Gasteiger partial charge in [0, 0.05) is 215 Å². The maximum absolute atomic E-state index is 4.13. The van der Waals surface area contributed by atoms with Crippen molar-refractivity contribution in [3.05, 3.63) is 506 Å². The number of fused-ring (bicyclic) bond motifs is 9. The van der Waals surface area contributed by atoms with E-state index in [-0.39, 0.29) is 0 Å². The van der Waals surface area contributed by atoms with Crippen LogP contribution in [0.25, 0.3) is 44.8 Å². The van der Waals surface area contributed by atoms with Gasteiger partial charge in [-0.05, 0) is 174 Å². The van der Waals surface area contributed by atoms with E-state index in [4.69, 9.17) is 0 Å². The number of thioether (sulfide) groups is 1. The molecular weight excluding hydrogens is 1620 g/mol. The highest BCUT2D eigenvalue weighted by Gasteiger charge is 2.25. The largest absolute Gasteiger partial charge is 0.324 e. The summed E-state index contributed by atoms with van der Waals surface area (Å²) < 4.78 is 11.5. The molecule has 3 aliphatic heterocycles. The van der Waals surface area contributed by atoms with Crippen LogP contribution in [-0.4, -0.2) is 126 Å². The van der Waals surface area contributed by atoms with Gasteiger partial charge in [-0.25, -0.2) is 49.4 Å². The van der Waals surface area contributed by atoms with Crippen molar-refractivity contribution < 1.29 is 0 Å². The number of aromatic nitrogens is 21. The van der Waals surface area contributed by atoms with Crippen molar-refractivity contribution in [3.63, 3.8) is 0 Å². The summed E-state index contributed by atoms with van der Waals surface area (Å²) in [5.74, 6) is 2.31. The van der Waals surface area contributed by atoms with Crippen molar-refractivity contribution in [3.8, 4) is 0 Å². The molecule has 0 spiro atoms. The minimum absolute atomic E-state index is 0.619. The molecule has 129 heavy (non-hydrogen) atoms. The topological polar surface area (TPSA) is 257 Å². The molecule has 0 radical (unpaired) electrons. The summed E-state index contributed by atoms with van der Waals surface area (Å²) in [5.41, 5.74) is 8.49. The molecule has 25 heteroatoms. The van der Waals surface area contributed by atoms with Gasteiger partial charge in [0.2, 0.25) is 11.7 Å². The first kappa shape index (κ1) is 92.9. The van der Waals surface area contributed by atoms with Gasteiger partial charge in [-0.15, -0.1) is 11.8 Å². The predicted octanol–water partition coefficient (Wildman–Crippen LogP) is 22.1. The molecule has 642 valence electrons. The van der Waals surface area contributed by atoms with E-state index in [1.807, 2.05) is 357 Å². The van der Waals surface area contributed by atoms with Crippen molar-refractivity contribution in [2.24, 2.45) is 15.9 Å². The highest BCUT2D eigenvalue weighted by molar-refractivity contribution is 8.03. The third-order valence-corrected chi connectivity index (χ3v) is 19.3. The Bertz CT molecular complexity index is 5550. The summed E-state index contributed by atoms with van der Waals surface area (Å²) in [6.07, 6.45) is 81.3. The van der Waals surface area contributed by atoms with Gasteiger partial charge in [0.15, 0.2) is 5.65 Å². The maximum Gasteiger partial charge on any atom is 0.233 e. The van der Waals surface area contributed by atoms with Crippen molar-refractivity contribution in [2.75, 3.05) is 11.9 Å². The number of allylic oxidation sites excluding steroid dienone is 6. The molecule has 26 rings (SSSR count). The van der Waals surface area contributed by atoms with E-state index in [9.17, 15) is 0 Å². The summed E-state index contributed by atoms with van der Waals surface area (Å²) >= 11 is 2.05. The Morgan fingerprint density at radius 1 is 0.318 bits per heavy atom. The molecule has 5 aliphatic rings. The lowest BCUT2D eigenvalue weighted by Crippen LogP contribution is -2.15. The van der Waals surface area contributed by atoms with E-state index in [0.29, 0.717) is 5.95 Å². The third-order valence-electron chi connectivity index (χ3n) is 18.0. The zero-order chi connectivity index (χ0) is 88.6. The number of anilines is 2. The van der Waals surface area contributed by atoms with Gasteiger partial charge in [0.25, 0.3) is 0 Å². The number of pyridine rings is 7. The molecule has 1 N–H and O–H groups in total. The second-order valence-corrected chi connectivity index (χ2v) is 28.3. The van der Waals surface area contributed by atoms with Crippen LogP contribution < -0.4 is 5.32 Å². The molecule has 1 fully saturated rings. The van der Waals surface area contributed by atoms with E-state index in [1.165, 1.54) is 47.6 Å². The molecule has 21 aromatic rings. The molecule has 0 amide bonds. The second-order valence-electron chi connectivity index (χ2n) is 27.1. The van der Waals surface area contributed by atoms with Crippen LogP contribution in [0.3, 0.4) is 0 Å². The molecule has 2 unspecified atom stereocenters. The molecule has 0 bridgehead atoms. The standard InChI is InChI=1S/C10H9N3.C9H7N.C8H7N.C8H12S.4C7H6N2.2C6H5N3.C6H6.2C5H5N.C5H6.C4H4N2.C4H5N/c1-2-5-9(6-3-1)13-10-11-7-4-8-12-10;1-2-4-9-7-10-6-5-8(9)3-1;1-2-4-8-6-9-5-7(8)3-1;1-2-4-8-7(3-1)5-6-9-8;4*1-2-5-9-6-4-8-7(9)3-1;1-2-7-6-8-3-5-9(6)4-1;1-2-6-7-4-5-9(6)8-3-1;3*1-2-4-6-5-3-1;1-2-4-5-3-1;1-2-6-4-3-5-1;1-2-4-5-3-1/h1-8H,(H,11,12,13);1-7H;1-5H,6H2;5-8H,1-4H2;4*1-6H;2*1-5H;1-6H;2*1-5H;1-4H,5H2;1-4H;1-3H,4H2. The van der Waals surface area contributed by atoms with E-state index < -0.39 is 0 Å². The minimum atomic E-state index is 0.619. The zero-order valence-corrected chi connectivity index (χ0v) is 72.0. The number of hydrogen-bond acceptors (Lipinski definition) is 19. The Kier molecular flexibility index (Phi) is 42.0. The van der Waals surface area contributed by atoms with E-state index >= 15 is 0 Å². The summed E-state index contributed by atoms with van der Waals surface area (Å²) in [5, 5.41) is 12.8. The zero-order valence-electron chi connectivity index (χ0n) is 71.2. The fraction of sp³-hybridized carbons (Fsp3) is 0.0865. The monoisotopic (exact) mass is 1720 g/mol. The van der Waals surface area contributed by atoms with Crippen LogP contribution in [-0.2, 0) is 6.54 Å². The molecule has 24 nitrogen and oxygen atoms in total. The molecule has 2 aliphatic carbocycles. The predicted molar refractivity (Wildman–Crippen MR) is 523 cm³/mol. The highest BCUT2D eigenvalue weighted by atomic mass is 32.2. The van der Waals surface area contributed by atoms with E-state index in [2.05, 4.69) is 150 Å². The fourth-order valence-electron chi connectivity index (χ4n) is 11.8. The lowest BCUT2D eigenvalue weighted by Gasteiger charge is -2.23. The molecule has 4 aromatic carbocycles. The first-order valence-electron chi connectivity index (χ1n) is 41.8. The van der Waals surface area contributed by atoms with Gasteiger partial charge in [-0.3, -0.25) is 39.3 Å². The Hall–Kier alpha value is -16.8. The minimum Gasteiger partial charge on any atom is -0.324 e. The van der Waals surface area contributed by atoms with Crippen LogP contribution in [0.1, 0.15) is 43.2 Å². The number of nitrogens with zero attached hydrogens (tertiary/aromatic N) is 23. The average Bonchev–Trinajstić information content (AvgIpc) is 1.86. The molecule has 1 saturated carbocycles. The first-order valence-corrected chi connectivity index (χ1v) is 42.7. The number of benzene rings is 4. The Morgan fingerprint density at radius 2 is 0.791 bits per heavy atom. The smallest absolute Gasteiger partial charge is 0.233 e. The van der Waals surface area contributed by atoms with Crippen LogP contribution in [0, 0.1) is 5.92 Å². The molecule has 0 saturated heterocycles. The van der Waals surface area contributed by atoms with Crippen LogP contribution in [0.15, 0.2) is 505 Å². The normalized spacial score (nSPS) is 12.7. The maximum atomic E-state index is 4.13. The molecule has 2 atom stereocenters. The van der Waals surface area contributed by atoms with Crippen LogP contribution in [0.4, 0.5) is 11.6 Å². The van der Waals surface area contributed by atoms with Gasteiger partial charge in [0.1, 0.15) is 22.6 Å². The van der Waals surface area contributed by atoms with Crippen LogP contribution in [0.5, 0.6) is 0 Å². The van der Waals surface area contributed by atoms with Crippen molar-refractivity contribution in [1.29, 1.82) is 0 Å². The Labute approximate surface area is 755 Å². The quantitative estimate of drug-likeness (QED) is 0.169. The third kappa shape index (κ3) is 36.3. The Balaban J connectivity index is 0.000000134. The van der Waals surface area contributed by atoms with Gasteiger partial charge < -0.3 is 22.9 Å². The van der Waals surface area contributed by atoms with Crippen LogP contribution >= 0.6 is 11.8 Å². The Morgan fingerprint density at radius 3 is 1.27 bits per heavy atom. The van der Waals surface area contributed by atoms with Gasteiger partial charge in [-0.1, -0.05) is 189 Å². The summed E-state index contributed by atoms with van der Waals surface area (Å²) in [6.45, 7) is 1.76. The van der Waals surface area contributed by atoms with Crippen molar-refractivity contribution >= 4 is 80.6 Å². The molecule has 20 heterocycles. The lowest BCUT2D eigenvalue weighted by molar-refractivity contribution is 0.437. The second kappa shape index (κ2) is 58.3. The number of aliphatic imine (C=N–C) groups is 2. The molecular formula is C104H100N24S. The molecule has 17 aromatic heterocycles. The SMILES string of the molecule is C1=CC2CCCCC2S1.C1=CCC=C1.C1=CCN=C1.C1=NCc2ccccc21.c1ccc(Nc2ncccn2)cc1.c1ccc2cnccc2c1.c1ccccc1.c1ccn2ccnc2c1.c1ccn2ccnc2c1.c1ccn2ccnc2c1.c1ccn2ccnc2c1.c1ccncc1.c1ccncc1.c1cnc2nccn2c1.c1cnccn1.c1cnn2ccnc2c1. The number of imidazole rings is 6. The number of rotatable bonds is 2. The summed E-state index contributed by atoms with van der Waals surface area (Å²) in [4.78, 5) is 63.4. The van der Waals surface area contributed by atoms with Crippen molar-refractivity contribution in [1.82, 2.24) is 101 Å². The summed E-state index contributed by atoms with van der Waals surface area (Å²) in [6, 6.07) is 82.9. The number of nitrogens with one attached hydrogen (secondary N) is 1. The van der Waals surface area contributed by atoms with E-state index in [1.54, 1.807) is 128 Å². The number of para-hydroxylation sites is 1. The fourth-order valence-corrected chi connectivity index (χ4v) is 13.0. The van der Waals surface area contributed by atoms with Crippen LogP contribution in [0.2, 0.25) is 0 Å².